The van der Waals surface area contributed by atoms with Gasteiger partial charge in [-0.25, -0.2) is 0 Å². The molecule has 1 heterocycles. The summed E-state index contributed by atoms with van der Waals surface area (Å²) in [4.78, 5) is 18.8. The van der Waals surface area contributed by atoms with E-state index in [1.54, 1.807) is 24.5 Å². The number of nitro benzene ring substituents is 1. The topological polar surface area (TPSA) is 68.4 Å². The van der Waals surface area contributed by atoms with E-state index in [-0.39, 0.29) is 5.69 Å². The second-order valence-electron chi connectivity index (χ2n) is 4.84. The third kappa shape index (κ3) is 4.09. The lowest BCUT2D eigenvalue weighted by Gasteiger charge is -2.01. The van der Waals surface area contributed by atoms with Crippen molar-refractivity contribution in [1.29, 1.82) is 0 Å². The molecule has 2 aromatic rings. The molecule has 22 heavy (non-hydrogen) atoms. The lowest BCUT2D eigenvalue weighted by molar-refractivity contribution is -0.384. The highest BCUT2D eigenvalue weighted by atomic mass is 16.6. The number of aromatic nitrogens is 1. The van der Waals surface area contributed by atoms with Crippen LogP contribution in [0.2, 0.25) is 0 Å². The number of rotatable bonds is 6. The van der Waals surface area contributed by atoms with Crippen LogP contribution in [-0.2, 0) is 6.42 Å². The molecule has 0 bridgehead atoms. The fourth-order valence-corrected chi connectivity index (χ4v) is 1.97. The maximum atomic E-state index is 10.6. The molecule has 5 heteroatoms. The van der Waals surface area contributed by atoms with Crippen LogP contribution in [0.15, 0.2) is 54.2 Å². The van der Waals surface area contributed by atoms with Gasteiger partial charge in [0.2, 0.25) is 0 Å². The van der Waals surface area contributed by atoms with Gasteiger partial charge in [-0.2, -0.15) is 0 Å². The first-order chi connectivity index (χ1) is 10.6. The van der Waals surface area contributed by atoms with Gasteiger partial charge in [-0.1, -0.05) is 19.9 Å². The molecule has 1 aromatic heterocycles. The van der Waals surface area contributed by atoms with Gasteiger partial charge >= 0.3 is 0 Å². The number of nitro groups is 1. The lowest BCUT2D eigenvalue weighted by Crippen LogP contribution is -1.92. The zero-order valence-corrected chi connectivity index (χ0v) is 12.4. The van der Waals surface area contributed by atoms with E-state index in [4.69, 9.17) is 0 Å². The van der Waals surface area contributed by atoms with Crippen molar-refractivity contribution in [1.82, 2.24) is 4.98 Å². The summed E-state index contributed by atoms with van der Waals surface area (Å²) in [6.07, 6.45) is 5.47. The molecule has 0 saturated carbocycles. The third-order valence-corrected chi connectivity index (χ3v) is 3.13. The third-order valence-electron chi connectivity index (χ3n) is 3.13. The summed E-state index contributed by atoms with van der Waals surface area (Å²) in [5.41, 5.74) is 3.36. The molecule has 0 unspecified atom stereocenters. The monoisotopic (exact) mass is 295 g/mol. The molecule has 0 spiro atoms. The largest absolute Gasteiger partial charge is 0.269 e. The molecule has 0 radical (unpaired) electrons. The molecule has 0 N–H and O–H groups in total. The number of aliphatic imine (C=N–C) groups is 1. The highest BCUT2D eigenvalue weighted by Gasteiger charge is 2.05. The lowest BCUT2D eigenvalue weighted by atomic mass is 10.1. The van der Waals surface area contributed by atoms with E-state index in [0.717, 1.165) is 29.7 Å². The molecule has 0 saturated heterocycles. The zero-order valence-electron chi connectivity index (χ0n) is 12.4. The van der Waals surface area contributed by atoms with E-state index in [9.17, 15) is 10.1 Å². The first kappa shape index (κ1) is 15.6. The van der Waals surface area contributed by atoms with Gasteiger partial charge in [0, 0.05) is 30.2 Å². The molecule has 5 nitrogen and oxygen atoms in total. The maximum Gasteiger partial charge on any atom is 0.269 e. The number of hydrogen-bond acceptors (Lipinski definition) is 4. The van der Waals surface area contributed by atoms with Crippen molar-refractivity contribution < 1.29 is 4.92 Å². The Morgan fingerprint density at radius 1 is 1.36 bits per heavy atom. The van der Waals surface area contributed by atoms with Gasteiger partial charge in [-0.05, 0) is 41.8 Å². The molecule has 2 rings (SSSR count). The quantitative estimate of drug-likeness (QED) is 0.459. The molecule has 1 aromatic carbocycles. The molecule has 0 fully saturated rings. The van der Waals surface area contributed by atoms with Crippen LogP contribution in [-0.4, -0.2) is 16.1 Å². The number of nitrogens with zero attached hydrogens (tertiary/aromatic N) is 3. The SMILES string of the molecule is C=C(N=Cc1ccnc(CCC)c1)c1ccc([N+](=O)[O-])cc1. The van der Waals surface area contributed by atoms with E-state index >= 15 is 0 Å². The van der Waals surface area contributed by atoms with Crippen LogP contribution in [0.25, 0.3) is 5.70 Å². The second kappa shape index (κ2) is 7.26. The summed E-state index contributed by atoms with van der Waals surface area (Å²) in [5.74, 6) is 0. The molecular weight excluding hydrogens is 278 g/mol. The number of hydrogen-bond donors (Lipinski definition) is 0. The Hall–Kier alpha value is -2.82. The first-order valence-electron chi connectivity index (χ1n) is 7.03. The van der Waals surface area contributed by atoms with E-state index < -0.39 is 4.92 Å². The van der Waals surface area contributed by atoms with Crippen molar-refractivity contribution in [3.05, 3.63) is 76.1 Å². The number of benzene rings is 1. The zero-order chi connectivity index (χ0) is 15.9. The van der Waals surface area contributed by atoms with Gasteiger partial charge in [-0.3, -0.25) is 20.1 Å². The maximum absolute atomic E-state index is 10.6. The van der Waals surface area contributed by atoms with Gasteiger partial charge < -0.3 is 0 Å². The van der Waals surface area contributed by atoms with Gasteiger partial charge in [0.15, 0.2) is 0 Å². The first-order valence-corrected chi connectivity index (χ1v) is 7.03. The smallest absolute Gasteiger partial charge is 0.261 e. The highest BCUT2D eigenvalue weighted by Crippen LogP contribution is 2.18. The number of non-ortho nitro benzene ring substituents is 1. The summed E-state index contributed by atoms with van der Waals surface area (Å²) < 4.78 is 0. The normalized spacial score (nSPS) is 10.8. The second-order valence-corrected chi connectivity index (χ2v) is 4.84. The van der Waals surface area contributed by atoms with Crippen LogP contribution in [0.4, 0.5) is 5.69 Å². The van der Waals surface area contributed by atoms with E-state index in [0.29, 0.717) is 5.70 Å². The minimum atomic E-state index is -0.429. The Morgan fingerprint density at radius 2 is 2.09 bits per heavy atom. The Bertz CT molecular complexity index is 706. The summed E-state index contributed by atoms with van der Waals surface area (Å²) in [6.45, 7) is 6.00. The van der Waals surface area contributed by atoms with Crippen molar-refractivity contribution in [2.24, 2.45) is 4.99 Å². The fourth-order valence-electron chi connectivity index (χ4n) is 1.97. The molecule has 0 aliphatic carbocycles. The Kier molecular flexibility index (Phi) is 5.14. The molecule has 112 valence electrons. The predicted octanol–water partition coefficient (Wildman–Crippen LogP) is 4.03. The molecule has 0 aliphatic rings. The minimum absolute atomic E-state index is 0.0545. The van der Waals surface area contributed by atoms with Crippen molar-refractivity contribution >= 4 is 17.6 Å². The van der Waals surface area contributed by atoms with Crippen molar-refractivity contribution in [2.45, 2.75) is 19.8 Å². The Morgan fingerprint density at radius 3 is 2.73 bits per heavy atom. The Balaban J connectivity index is 2.10. The summed E-state index contributed by atoms with van der Waals surface area (Å²) in [6, 6.07) is 10.1. The van der Waals surface area contributed by atoms with Crippen molar-refractivity contribution in [2.75, 3.05) is 0 Å². The van der Waals surface area contributed by atoms with Gasteiger partial charge in [0.1, 0.15) is 0 Å². The number of aryl methyl sites for hydroxylation is 1. The standard InChI is InChI=1S/C17H17N3O2/c1-3-4-16-11-14(9-10-18-16)12-19-13(2)15-5-7-17(8-6-15)20(21)22/h5-12H,2-4H2,1H3. The average molecular weight is 295 g/mol. The van der Waals surface area contributed by atoms with Gasteiger partial charge in [0.25, 0.3) is 5.69 Å². The predicted molar refractivity (Wildman–Crippen MR) is 88.0 cm³/mol. The van der Waals surface area contributed by atoms with Crippen LogP contribution < -0.4 is 0 Å². The Labute approximate surface area is 129 Å². The van der Waals surface area contributed by atoms with Gasteiger partial charge in [-0.15, -0.1) is 0 Å². The summed E-state index contributed by atoms with van der Waals surface area (Å²) in [5, 5.41) is 10.6. The fraction of sp³-hybridized carbons (Fsp3) is 0.176. The van der Waals surface area contributed by atoms with Crippen molar-refractivity contribution in [3.63, 3.8) is 0 Å². The van der Waals surface area contributed by atoms with Crippen LogP contribution in [0.5, 0.6) is 0 Å². The van der Waals surface area contributed by atoms with Crippen molar-refractivity contribution in [3.8, 4) is 0 Å². The summed E-state index contributed by atoms with van der Waals surface area (Å²) >= 11 is 0. The van der Waals surface area contributed by atoms with Crippen LogP contribution in [0.1, 0.15) is 30.2 Å². The van der Waals surface area contributed by atoms with Crippen LogP contribution >= 0.6 is 0 Å². The molecule has 0 aliphatic heterocycles. The molecule has 0 amide bonds. The molecular formula is C17H17N3O2. The van der Waals surface area contributed by atoms with Crippen LogP contribution in [0.3, 0.4) is 0 Å². The van der Waals surface area contributed by atoms with Crippen LogP contribution in [0, 0.1) is 10.1 Å². The molecule has 0 atom stereocenters. The average Bonchev–Trinajstić information content (AvgIpc) is 2.53. The highest BCUT2D eigenvalue weighted by molar-refractivity contribution is 5.84. The number of pyridine rings is 1. The van der Waals surface area contributed by atoms with E-state index in [2.05, 4.69) is 23.5 Å². The summed E-state index contributed by atoms with van der Waals surface area (Å²) in [7, 11) is 0. The van der Waals surface area contributed by atoms with E-state index in [1.807, 2.05) is 12.1 Å². The van der Waals surface area contributed by atoms with Gasteiger partial charge in [0.05, 0.1) is 10.6 Å². The minimum Gasteiger partial charge on any atom is -0.261 e. The van der Waals surface area contributed by atoms with E-state index in [1.165, 1.54) is 12.1 Å².